The Morgan fingerprint density at radius 2 is 1.27 bits per heavy atom. The number of amides is 2. The fourth-order valence-corrected chi connectivity index (χ4v) is 10.5. The summed E-state index contributed by atoms with van der Waals surface area (Å²) in [4.78, 5) is 30.7. The normalized spacial score (nSPS) is 25.5. The molecule has 3 atom stereocenters. The van der Waals surface area contributed by atoms with Gasteiger partial charge in [-0.05, 0) is 152 Å². The van der Waals surface area contributed by atoms with Crippen molar-refractivity contribution in [2.75, 3.05) is 0 Å². The van der Waals surface area contributed by atoms with E-state index in [0.717, 1.165) is 29.2 Å². The van der Waals surface area contributed by atoms with Crippen LogP contribution in [-0.2, 0) is 9.59 Å². The van der Waals surface area contributed by atoms with Crippen molar-refractivity contribution >= 4 is 34.6 Å². The SMILES string of the molecule is Cc1ccc(-c2ccc(Cl)cc2)c(C)c1C1=C(O)[C@]2(CC[C@@H](C(F)(F)F)CC2)N(C2CC(C(F)(F)F)CCC23NC(=O)C(c2cc(-c4ccc(F)c(F)c4)cc(F)c2C)=C3O)C1=O. The molecule has 332 valence electrons. The van der Waals surface area contributed by atoms with Gasteiger partial charge in [0.1, 0.15) is 28.4 Å². The highest BCUT2D eigenvalue weighted by Gasteiger charge is 2.66. The Labute approximate surface area is 361 Å². The molecule has 0 saturated heterocycles. The Hall–Kier alpha value is -5.44. The predicted octanol–water partition coefficient (Wildman–Crippen LogP) is 12.2. The number of nitrogens with one attached hydrogen (secondary N) is 1. The molecule has 0 bridgehead atoms. The highest BCUT2D eigenvalue weighted by atomic mass is 35.5. The minimum absolute atomic E-state index is 0.00955. The first-order chi connectivity index (χ1) is 29.5. The van der Waals surface area contributed by atoms with Crippen LogP contribution in [0.4, 0.5) is 39.5 Å². The summed E-state index contributed by atoms with van der Waals surface area (Å²) in [6, 6.07) is 13.3. The summed E-state index contributed by atoms with van der Waals surface area (Å²) in [5.74, 6) is -10.9. The van der Waals surface area contributed by atoms with Gasteiger partial charge in [0, 0.05) is 5.02 Å². The van der Waals surface area contributed by atoms with Crippen LogP contribution in [0.1, 0.15) is 72.8 Å². The van der Waals surface area contributed by atoms with E-state index in [0.29, 0.717) is 27.3 Å². The molecular weight excluding hydrogens is 863 g/mol. The lowest BCUT2D eigenvalue weighted by Crippen LogP contribution is -2.69. The summed E-state index contributed by atoms with van der Waals surface area (Å²) >= 11 is 6.14. The Bertz CT molecular complexity index is 2630. The zero-order valence-corrected chi connectivity index (χ0v) is 34.7. The van der Waals surface area contributed by atoms with Gasteiger partial charge in [0.2, 0.25) is 0 Å². The van der Waals surface area contributed by atoms with Crippen molar-refractivity contribution in [3.63, 3.8) is 0 Å². The zero-order chi connectivity index (χ0) is 45.7. The summed E-state index contributed by atoms with van der Waals surface area (Å²) in [5, 5.41) is 28.0. The van der Waals surface area contributed by atoms with Gasteiger partial charge >= 0.3 is 12.4 Å². The Morgan fingerprint density at radius 1 is 0.667 bits per heavy atom. The molecule has 8 rings (SSSR count). The van der Waals surface area contributed by atoms with E-state index < -0.39 is 133 Å². The number of hydrogen-bond acceptors (Lipinski definition) is 4. The van der Waals surface area contributed by atoms with E-state index in [2.05, 4.69) is 5.32 Å². The van der Waals surface area contributed by atoms with Gasteiger partial charge in [0.25, 0.3) is 11.8 Å². The molecule has 2 saturated carbocycles. The Kier molecular flexibility index (Phi) is 10.8. The predicted molar refractivity (Wildman–Crippen MR) is 218 cm³/mol. The van der Waals surface area contributed by atoms with Crippen molar-refractivity contribution < 1.29 is 59.3 Å². The second-order valence-electron chi connectivity index (χ2n) is 17.1. The molecule has 2 aliphatic carbocycles. The second-order valence-corrected chi connectivity index (χ2v) is 17.6. The van der Waals surface area contributed by atoms with Crippen molar-refractivity contribution in [1.82, 2.24) is 10.2 Å². The average molecular weight is 903 g/mol. The molecule has 2 amide bonds. The van der Waals surface area contributed by atoms with Gasteiger partial charge in [-0.15, -0.1) is 0 Å². The van der Waals surface area contributed by atoms with Crippen LogP contribution < -0.4 is 5.32 Å². The molecular formula is C47H40ClF9N2O4. The number of aryl methyl sites for hydroxylation is 1. The van der Waals surface area contributed by atoms with Crippen LogP contribution in [0.25, 0.3) is 33.4 Å². The van der Waals surface area contributed by atoms with Gasteiger partial charge in [0.15, 0.2) is 11.6 Å². The maximum atomic E-state index is 15.7. The quantitative estimate of drug-likeness (QED) is 0.174. The van der Waals surface area contributed by atoms with Crippen LogP contribution in [0, 0.1) is 50.1 Å². The molecule has 2 aliphatic heterocycles. The summed E-state index contributed by atoms with van der Waals surface area (Å²) in [6.07, 6.45) is -14.0. The molecule has 16 heteroatoms. The molecule has 63 heavy (non-hydrogen) atoms. The third kappa shape index (κ3) is 7.14. The number of aliphatic hydroxyl groups excluding tert-OH is 2. The van der Waals surface area contributed by atoms with E-state index in [1.807, 2.05) is 0 Å². The van der Waals surface area contributed by atoms with E-state index in [1.54, 1.807) is 50.2 Å². The van der Waals surface area contributed by atoms with E-state index in [9.17, 15) is 50.1 Å². The lowest BCUT2D eigenvalue weighted by molar-refractivity contribution is -0.201. The smallest absolute Gasteiger partial charge is 0.391 e. The number of alkyl halides is 6. The van der Waals surface area contributed by atoms with Crippen molar-refractivity contribution in [2.24, 2.45) is 11.8 Å². The third-order valence-corrected chi connectivity index (χ3v) is 14.0. The minimum atomic E-state index is -4.87. The third-order valence-electron chi connectivity index (χ3n) is 13.8. The molecule has 0 aromatic heterocycles. The maximum Gasteiger partial charge on any atom is 0.391 e. The largest absolute Gasteiger partial charge is 0.509 e. The number of rotatable bonds is 5. The average Bonchev–Trinajstić information content (AvgIpc) is 3.57. The topological polar surface area (TPSA) is 89.9 Å². The van der Waals surface area contributed by atoms with Crippen molar-refractivity contribution in [3.8, 4) is 22.3 Å². The molecule has 4 aromatic carbocycles. The van der Waals surface area contributed by atoms with Gasteiger partial charge in [-0.2, -0.15) is 26.3 Å². The molecule has 4 aliphatic rings. The summed E-state index contributed by atoms with van der Waals surface area (Å²) < 4.78 is 131. The highest BCUT2D eigenvalue weighted by molar-refractivity contribution is 6.30. The number of nitrogens with zero attached hydrogens (tertiary/aromatic N) is 1. The number of halogens is 10. The number of carbonyl (C=O) groups is 2. The number of hydrogen-bond donors (Lipinski definition) is 3. The van der Waals surface area contributed by atoms with E-state index >= 15 is 9.18 Å². The first-order valence-electron chi connectivity index (χ1n) is 20.3. The van der Waals surface area contributed by atoms with Crippen LogP contribution in [0.5, 0.6) is 0 Å². The van der Waals surface area contributed by atoms with Gasteiger partial charge in [-0.1, -0.05) is 41.9 Å². The Morgan fingerprint density at radius 3 is 1.89 bits per heavy atom. The van der Waals surface area contributed by atoms with Crippen molar-refractivity contribution in [1.29, 1.82) is 0 Å². The molecule has 6 nitrogen and oxygen atoms in total. The summed E-state index contributed by atoms with van der Waals surface area (Å²) in [7, 11) is 0. The van der Waals surface area contributed by atoms with Crippen LogP contribution in [-0.4, -0.2) is 56.4 Å². The summed E-state index contributed by atoms with van der Waals surface area (Å²) in [6.45, 7) is 4.59. The number of aliphatic hydroxyl groups is 2. The molecule has 3 N–H and O–H groups in total. The van der Waals surface area contributed by atoms with Crippen molar-refractivity contribution in [3.05, 3.63) is 129 Å². The Balaban J connectivity index is 1.33. The summed E-state index contributed by atoms with van der Waals surface area (Å²) in [5.41, 5.74) is -3.21. The number of benzene rings is 4. The fourth-order valence-electron chi connectivity index (χ4n) is 10.4. The van der Waals surface area contributed by atoms with Gasteiger partial charge in [-0.3, -0.25) is 9.59 Å². The first kappa shape index (κ1) is 44.2. The maximum absolute atomic E-state index is 15.7. The number of carbonyl (C=O) groups excluding carboxylic acids is 2. The van der Waals surface area contributed by atoms with E-state index in [1.165, 1.54) is 13.0 Å². The van der Waals surface area contributed by atoms with Gasteiger partial charge in [-0.25, -0.2) is 13.2 Å². The first-order valence-corrected chi connectivity index (χ1v) is 20.7. The van der Waals surface area contributed by atoms with Gasteiger partial charge < -0.3 is 20.4 Å². The van der Waals surface area contributed by atoms with Crippen LogP contribution in [0.3, 0.4) is 0 Å². The van der Waals surface area contributed by atoms with E-state index in [4.69, 9.17) is 11.6 Å². The lowest BCUT2D eigenvalue weighted by atomic mass is 9.68. The van der Waals surface area contributed by atoms with Crippen LogP contribution in [0.2, 0.25) is 5.02 Å². The lowest BCUT2D eigenvalue weighted by Gasteiger charge is -2.54. The van der Waals surface area contributed by atoms with Crippen LogP contribution in [0.15, 0.2) is 78.2 Å². The van der Waals surface area contributed by atoms with Crippen LogP contribution >= 0.6 is 11.6 Å². The highest BCUT2D eigenvalue weighted by Crippen LogP contribution is 2.58. The molecule has 4 aromatic rings. The molecule has 0 radical (unpaired) electrons. The molecule has 2 heterocycles. The fraction of sp³-hybridized carbons (Fsp3) is 0.362. The molecule has 3 unspecified atom stereocenters. The van der Waals surface area contributed by atoms with E-state index in [-0.39, 0.29) is 33.4 Å². The molecule has 2 spiro atoms. The zero-order valence-electron chi connectivity index (χ0n) is 34.0. The van der Waals surface area contributed by atoms with Gasteiger partial charge in [0.05, 0.1) is 29.0 Å². The molecule has 2 fully saturated rings. The second kappa shape index (κ2) is 15.4. The monoisotopic (exact) mass is 902 g/mol. The minimum Gasteiger partial charge on any atom is -0.509 e. The standard InChI is InChI=1S/C47H40ClF9N2O4/c1-22-4-10-31(25-5-8-30(48)9-6-25)24(3)37(22)39-40(60)44(15-12-28(13-16-44)46(52,53)54)59(43(39)63)36-21-29(47(55,56)57)14-17-45(36)41(61)38(42(62)58-45)32-18-27(20-34(50)23(32)2)26-7-11-33(49)35(51)19-26/h4-11,18-20,28-29,36,60-61H,12-17,21H2,1-3H3,(H,58,62)/t28-,29?,36?,44-,45?. The van der Waals surface area contributed by atoms with Crippen molar-refractivity contribution in [2.45, 2.75) is 95.2 Å².